The summed E-state index contributed by atoms with van der Waals surface area (Å²) in [6, 6.07) is 8.55. The lowest BCUT2D eigenvalue weighted by atomic mass is 9.99. The Labute approximate surface area is 123 Å². The number of rotatable bonds is 9. The highest BCUT2D eigenvalue weighted by molar-refractivity contribution is 5.81. The van der Waals surface area contributed by atoms with Gasteiger partial charge in [-0.3, -0.25) is 4.79 Å². The molecule has 1 aromatic rings. The molecule has 0 aliphatic carbocycles. The third-order valence-corrected chi connectivity index (χ3v) is 3.63. The van der Waals surface area contributed by atoms with Crippen molar-refractivity contribution in [1.82, 2.24) is 10.6 Å². The first-order valence-corrected chi connectivity index (χ1v) is 7.74. The average Bonchev–Trinajstić information content (AvgIpc) is 2.47. The Morgan fingerprint density at radius 2 is 1.80 bits per heavy atom. The Bertz CT molecular complexity index is 400. The van der Waals surface area contributed by atoms with Crippen LogP contribution in [-0.4, -0.2) is 25.5 Å². The third kappa shape index (κ3) is 5.33. The molecule has 0 saturated heterocycles. The van der Waals surface area contributed by atoms with Crippen molar-refractivity contribution in [2.45, 2.75) is 52.0 Å². The zero-order valence-corrected chi connectivity index (χ0v) is 13.0. The summed E-state index contributed by atoms with van der Waals surface area (Å²) in [5, 5.41) is 6.03. The lowest BCUT2D eigenvalue weighted by Crippen LogP contribution is -2.42. The molecule has 112 valence electrons. The standard InChI is InChI=1S/C17H28N2O/c1-4-9-14-10-6-7-11-15(14)12-8-13-19-17(20)16(5-2)18-3/h6-7,10-11,16,18H,4-5,8-9,12-13H2,1-3H3,(H,19,20). The number of carbonyl (C=O) groups excluding carboxylic acids is 1. The molecule has 0 radical (unpaired) electrons. The maximum atomic E-state index is 11.8. The van der Waals surface area contributed by atoms with Gasteiger partial charge in [-0.1, -0.05) is 44.5 Å². The van der Waals surface area contributed by atoms with Crippen molar-refractivity contribution in [1.29, 1.82) is 0 Å². The zero-order chi connectivity index (χ0) is 14.8. The summed E-state index contributed by atoms with van der Waals surface area (Å²) >= 11 is 0. The molecule has 0 fully saturated rings. The van der Waals surface area contributed by atoms with Gasteiger partial charge >= 0.3 is 0 Å². The first-order chi connectivity index (χ1) is 9.72. The van der Waals surface area contributed by atoms with Gasteiger partial charge in [0.2, 0.25) is 5.91 Å². The molecule has 1 aromatic carbocycles. The van der Waals surface area contributed by atoms with Crippen LogP contribution in [0.5, 0.6) is 0 Å². The molecule has 0 spiro atoms. The second kappa shape index (κ2) is 9.54. The van der Waals surface area contributed by atoms with Crippen LogP contribution < -0.4 is 10.6 Å². The fourth-order valence-corrected chi connectivity index (χ4v) is 2.45. The van der Waals surface area contributed by atoms with Gasteiger partial charge in [-0.05, 0) is 43.9 Å². The molecule has 1 unspecified atom stereocenters. The van der Waals surface area contributed by atoms with E-state index in [1.165, 1.54) is 17.5 Å². The molecule has 0 aliphatic heterocycles. The third-order valence-electron chi connectivity index (χ3n) is 3.63. The van der Waals surface area contributed by atoms with Crippen molar-refractivity contribution in [3.05, 3.63) is 35.4 Å². The molecule has 1 amide bonds. The first kappa shape index (κ1) is 16.7. The number of amides is 1. The molecule has 0 bridgehead atoms. The SMILES string of the molecule is CCCc1ccccc1CCCNC(=O)C(CC)NC. The highest BCUT2D eigenvalue weighted by Crippen LogP contribution is 2.12. The van der Waals surface area contributed by atoms with Crippen LogP contribution in [0.25, 0.3) is 0 Å². The van der Waals surface area contributed by atoms with Crippen molar-refractivity contribution < 1.29 is 4.79 Å². The second-order valence-electron chi connectivity index (χ2n) is 5.16. The summed E-state index contributed by atoms with van der Waals surface area (Å²) in [6.45, 7) is 4.97. The summed E-state index contributed by atoms with van der Waals surface area (Å²) in [5.74, 6) is 0.108. The number of benzene rings is 1. The van der Waals surface area contributed by atoms with Crippen LogP contribution in [0.1, 0.15) is 44.2 Å². The summed E-state index contributed by atoms with van der Waals surface area (Å²) in [4.78, 5) is 11.8. The number of hydrogen-bond donors (Lipinski definition) is 2. The number of aryl methyl sites for hydroxylation is 2. The van der Waals surface area contributed by atoms with E-state index in [0.29, 0.717) is 0 Å². The maximum absolute atomic E-state index is 11.8. The van der Waals surface area contributed by atoms with Gasteiger partial charge < -0.3 is 10.6 Å². The van der Waals surface area contributed by atoms with Crippen molar-refractivity contribution in [2.75, 3.05) is 13.6 Å². The predicted molar refractivity (Wildman–Crippen MR) is 84.9 cm³/mol. The van der Waals surface area contributed by atoms with Crippen LogP contribution >= 0.6 is 0 Å². The van der Waals surface area contributed by atoms with E-state index in [0.717, 1.165) is 32.2 Å². The Balaban J connectivity index is 2.36. The second-order valence-corrected chi connectivity index (χ2v) is 5.16. The molecule has 1 rings (SSSR count). The van der Waals surface area contributed by atoms with Gasteiger partial charge in [0, 0.05) is 6.54 Å². The smallest absolute Gasteiger partial charge is 0.237 e. The summed E-state index contributed by atoms with van der Waals surface area (Å²) in [5.41, 5.74) is 2.87. The number of nitrogens with one attached hydrogen (secondary N) is 2. The predicted octanol–water partition coefficient (Wildman–Crippen LogP) is 2.69. The minimum absolute atomic E-state index is 0.0672. The van der Waals surface area contributed by atoms with E-state index >= 15 is 0 Å². The molecule has 20 heavy (non-hydrogen) atoms. The molecular formula is C17H28N2O. The average molecular weight is 276 g/mol. The molecular weight excluding hydrogens is 248 g/mol. The van der Waals surface area contributed by atoms with Crippen LogP contribution in [-0.2, 0) is 17.6 Å². The van der Waals surface area contributed by atoms with Gasteiger partial charge in [-0.25, -0.2) is 0 Å². The number of hydrogen-bond acceptors (Lipinski definition) is 2. The Hall–Kier alpha value is -1.35. The van der Waals surface area contributed by atoms with E-state index in [9.17, 15) is 4.79 Å². The quantitative estimate of drug-likeness (QED) is 0.681. The van der Waals surface area contributed by atoms with E-state index in [-0.39, 0.29) is 11.9 Å². The van der Waals surface area contributed by atoms with Gasteiger partial charge in [0.05, 0.1) is 6.04 Å². The van der Waals surface area contributed by atoms with E-state index in [4.69, 9.17) is 0 Å². The molecule has 0 saturated carbocycles. The van der Waals surface area contributed by atoms with Gasteiger partial charge in [0.25, 0.3) is 0 Å². The molecule has 3 nitrogen and oxygen atoms in total. The zero-order valence-electron chi connectivity index (χ0n) is 13.0. The van der Waals surface area contributed by atoms with Gasteiger partial charge in [-0.15, -0.1) is 0 Å². The first-order valence-electron chi connectivity index (χ1n) is 7.74. The summed E-state index contributed by atoms with van der Waals surface area (Å²) < 4.78 is 0. The summed E-state index contributed by atoms with van der Waals surface area (Å²) in [6.07, 6.45) is 5.16. The molecule has 0 aliphatic rings. The van der Waals surface area contributed by atoms with Gasteiger partial charge in [0.1, 0.15) is 0 Å². The van der Waals surface area contributed by atoms with Crippen molar-refractivity contribution in [2.24, 2.45) is 0 Å². The van der Waals surface area contributed by atoms with Crippen LogP contribution in [0.3, 0.4) is 0 Å². The summed E-state index contributed by atoms with van der Waals surface area (Å²) in [7, 11) is 1.83. The maximum Gasteiger partial charge on any atom is 0.237 e. The highest BCUT2D eigenvalue weighted by atomic mass is 16.2. The molecule has 3 heteroatoms. The van der Waals surface area contributed by atoms with E-state index < -0.39 is 0 Å². The minimum Gasteiger partial charge on any atom is -0.355 e. The van der Waals surface area contributed by atoms with E-state index in [1.807, 2.05) is 14.0 Å². The Morgan fingerprint density at radius 3 is 2.35 bits per heavy atom. The lowest BCUT2D eigenvalue weighted by molar-refractivity contribution is -0.123. The fourth-order valence-electron chi connectivity index (χ4n) is 2.45. The van der Waals surface area contributed by atoms with Crippen LogP contribution in [0.2, 0.25) is 0 Å². The number of carbonyl (C=O) groups is 1. The van der Waals surface area contributed by atoms with Crippen LogP contribution in [0.4, 0.5) is 0 Å². The molecule has 0 aromatic heterocycles. The largest absolute Gasteiger partial charge is 0.355 e. The van der Waals surface area contributed by atoms with Crippen molar-refractivity contribution >= 4 is 5.91 Å². The molecule has 2 N–H and O–H groups in total. The van der Waals surface area contributed by atoms with Gasteiger partial charge in [-0.2, -0.15) is 0 Å². The lowest BCUT2D eigenvalue weighted by Gasteiger charge is -2.14. The highest BCUT2D eigenvalue weighted by Gasteiger charge is 2.12. The molecule has 1 atom stereocenters. The van der Waals surface area contributed by atoms with Crippen LogP contribution in [0, 0.1) is 0 Å². The van der Waals surface area contributed by atoms with Crippen molar-refractivity contribution in [3.63, 3.8) is 0 Å². The van der Waals surface area contributed by atoms with Crippen LogP contribution in [0.15, 0.2) is 24.3 Å². The minimum atomic E-state index is -0.0672. The fraction of sp³-hybridized carbons (Fsp3) is 0.588. The van der Waals surface area contributed by atoms with Gasteiger partial charge in [0.15, 0.2) is 0 Å². The Morgan fingerprint density at radius 1 is 1.15 bits per heavy atom. The van der Waals surface area contributed by atoms with E-state index in [1.54, 1.807) is 0 Å². The number of likely N-dealkylation sites (N-methyl/N-ethyl adjacent to an activating group) is 1. The Kier molecular flexibility index (Phi) is 7.97. The normalized spacial score (nSPS) is 12.2. The monoisotopic (exact) mass is 276 g/mol. The topological polar surface area (TPSA) is 41.1 Å². The van der Waals surface area contributed by atoms with Crippen molar-refractivity contribution in [3.8, 4) is 0 Å². The molecule has 0 heterocycles. The van der Waals surface area contributed by atoms with E-state index in [2.05, 4.69) is 41.8 Å².